The monoisotopic (exact) mass is 227 g/mol. The van der Waals surface area contributed by atoms with Crippen molar-refractivity contribution in [2.24, 2.45) is 5.92 Å². The Bertz CT molecular complexity index is 245. The minimum atomic E-state index is -0.380. The lowest BCUT2D eigenvalue weighted by atomic mass is 10.1. The minimum Gasteiger partial charge on any atom is -0.459 e. The van der Waals surface area contributed by atoms with Crippen molar-refractivity contribution >= 4 is 5.97 Å². The highest BCUT2D eigenvalue weighted by Gasteiger charge is 2.31. The summed E-state index contributed by atoms with van der Waals surface area (Å²) in [5.74, 6) is 0.661. The van der Waals surface area contributed by atoms with Gasteiger partial charge in [0, 0.05) is 6.54 Å². The molecule has 1 heterocycles. The van der Waals surface area contributed by atoms with Crippen molar-refractivity contribution in [3.8, 4) is 0 Å². The third-order valence-electron chi connectivity index (χ3n) is 3.19. The second-order valence-corrected chi connectivity index (χ2v) is 5.77. The first kappa shape index (κ1) is 13.5. The van der Waals surface area contributed by atoms with Crippen LogP contribution in [-0.4, -0.2) is 35.6 Å². The molecule has 16 heavy (non-hydrogen) atoms. The number of rotatable bonds is 3. The van der Waals surface area contributed by atoms with Gasteiger partial charge in [0.2, 0.25) is 0 Å². The number of hydrogen-bond donors (Lipinski definition) is 0. The lowest BCUT2D eigenvalue weighted by Crippen LogP contribution is -2.41. The molecule has 2 unspecified atom stereocenters. The van der Waals surface area contributed by atoms with Gasteiger partial charge in [0.25, 0.3) is 0 Å². The predicted octanol–water partition coefficient (Wildman–Crippen LogP) is 2.45. The van der Waals surface area contributed by atoms with Crippen LogP contribution in [0, 0.1) is 5.92 Å². The fourth-order valence-electron chi connectivity index (χ4n) is 2.08. The average Bonchev–Trinajstić information content (AvgIpc) is 2.61. The molecule has 1 aliphatic heterocycles. The summed E-state index contributed by atoms with van der Waals surface area (Å²) in [6.07, 6.45) is 2.42. The first-order valence-corrected chi connectivity index (χ1v) is 6.30. The Balaban J connectivity index is 2.46. The first-order chi connectivity index (χ1) is 7.33. The number of esters is 1. The van der Waals surface area contributed by atoms with Crippen LogP contribution >= 0.6 is 0 Å². The van der Waals surface area contributed by atoms with E-state index in [1.165, 1.54) is 12.8 Å². The fourth-order valence-corrected chi connectivity index (χ4v) is 2.08. The summed E-state index contributed by atoms with van der Waals surface area (Å²) in [5, 5.41) is 0. The van der Waals surface area contributed by atoms with Gasteiger partial charge in [-0.25, -0.2) is 0 Å². The van der Waals surface area contributed by atoms with Crippen LogP contribution in [0.4, 0.5) is 0 Å². The maximum absolute atomic E-state index is 11.9. The van der Waals surface area contributed by atoms with Gasteiger partial charge in [-0.2, -0.15) is 0 Å². The molecule has 0 amide bonds. The molecule has 1 aliphatic rings. The number of hydrogen-bond acceptors (Lipinski definition) is 3. The SMILES string of the molecule is CCC1CCN(C(C)C(=O)OC(C)(C)C)C1. The highest BCUT2D eigenvalue weighted by molar-refractivity contribution is 5.75. The maximum atomic E-state index is 11.9. The predicted molar refractivity (Wildman–Crippen MR) is 65.3 cm³/mol. The fraction of sp³-hybridized carbons (Fsp3) is 0.923. The molecule has 0 aromatic heterocycles. The van der Waals surface area contributed by atoms with E-state index in [0.717, 1.165) is 19.0 Å². The second-order valence-electron chi connectivity index (χ2n) is 5.77. The lowest BCUT2D eigenvalue weighted by Gasteiger charge is -2.27. The van der Waals surface area contributed by atoms with E-state index in [1.54, 1.807) is 0 Å². The van der Waals surface area contributed by atoms with Crippen LogP contribution < -0.4 is 0 Å². The molecule has 1 saturated heterocycles. The van der Waals surface area contributed by atoms with Gasteiger partial charge in [0.15, 0.2) is 0 Å². The van der Waals surface area contributed by atoms with E-state index in [0.29, 0.717) is 0 Å². The topological polar surface area (TPSA) is 29.5 Å². The Kier molecular flexibility index (Phi) is 4.36. The van der Waals surface area contributed by atoms with Crippen LogP contribution in [0.15, 0.2) is 0 Å². The third-order valence-corrected chi connectivity index (χ3v) is 3.19. The van der Waals surface area contributed by atoms with Crippen LogP contribution in [0.5, 0.6) is 0 Å². The van der Waals surface area contributed by atoms with Crippen LogP contribution in [0.2, 0.25) is 0 Å². The highest BCUT2D eigenvalue weighted by atomic mass is 16.6. The molecule has 0 spiro atoms. The standard InChI is InChI=1S/C13H25NO2/c1-6-11-7-8-14(9-11)10(2)12(15)16-13(3,4)5/h10-11H,6-9H2,1-5H3. The molecule has 3 heteroatoms. The molecule has 0 aromatic carbocycles. The van der Waals surface area contributed by atoms with Gasteiger partial charge in [0.1, 0.15) is 11.6 Å². The quantitative estimate of drug-likeness (QED) is 0.694. The maximum Gasteiger partial charge on any atom is 0.323 e. The summed E-state index contributed by atoms with van der Waals surface area (Å²) in [6.45, 7) is 12.0. The highest BCUT2D eigenvalue weighted by Crippen LogP contribution is 2.22. The van der Waals surface area contributed by atoms with Crippen molar-refractivity contribution in [3.63, 3.8) is 0 Å². The van der Waals surface area contributed by atoms with Gasteiger partial charge in [-0.1, -0.05) is 13.3 Å². The summed E-state index contributed by atoms with van der Waals surface area (Å²) < 4.78 is 5.40. The van der Waals surface area contributed by atoms with E-state index in [-0.39, 0.29) is 17.6 Å². The molecule has 1 fully saturated rings. The Morgan fingerprint density at radius 3 is 2.56 bits per heavy atom. The Hall–Kier alpha value is -0.570. The van der Waals surface area contributed by atoms with Crippen molar-refractivity contribution in [2.75, 3.05) is 13.1 Å². The number of carbonyl (C=O) groups is 1. The van der Waals surface area contributed by atoms with Crippen molar-refractivity contribution in [1.29, 1.82) is 0 Å². The molecule has 94 valence electrons. The number of carbonyl (C=O) groups excluding carboxylic acids is 1. The van der Waals surface area contributed by atoms with E-state index in [2.05, 4.69) is 11.8 Å². The molecule has 0 aliphatic carbocycles. The van der Waals surface area contributed by atoms with E-state index in [1.807, 2.05) is 27.7 Å². The summed E-state index contributed by atoms with van der Waals surface area (Å²) in [4.78, 5) is 14.1. The van der Waals surface area contributed by atoms with Gasteiger partial charge in [-0.3, -0.25) is 9.69 Å². The number of likely N-dealkylation sites (tertiary alicyclic amines) is 1. The zero-order chi connectivity index (χ0) is 12.3. The van der Waals surface area contributed by atoms with Gasteiger partial charge in [0.05, 0.1) is 0 Å². The molecular formula is C13H25NO2. The molecule has 0 saturated carbocycles. The molecule has 3 nitrogen and oxygen atoms in total. The van der Waals surface area contributed by atoms with Gasteiger partial charge < -0.3 is 4.74 Å². The van der Waals surface area contributed by atoms with E-state index in [9.17, 15) is 4.79 Å². The van der Waals surface area contributed by atoms with Crippen molar-refractivity contribution < 1.29 is 9.53 Å². The third kappa shape index (κ3) is 3.78. The van der Waals surface area contributed by atoms with Crippen LogP contribution in [-0.2, 0) is 9.53 Å². The molecule has 1 rings (SSSR count). The molecule has 0 N–H and O–H groups in total. The zero-order valence-corrected chi connectivity index (χ0v) is 11.2. The van der Waals surface area contributed by atoms with Gasteiger partial charge in [-0.15, -0.1) is 0 Å². The lowest BCUT2D eigenvalue weighted by molar-refractivity contribution is -0.160. The van der Waals surface area contributed by atoms with Crippen LogP contribution in [0.3, 0.4) is 0 Å². The summed E-state index contributed by atoms with van der Waals surface area (Å²) in [5.41, 5.74) is -0.380. The zero-order valence-electron chi connectivity index (χ0n) is 11.2. The Morgan fingerprint density at radius 1 is 1.50 bits per heavy atom. The van der Waals surface area contributed by atoms with Gasteiger partial charge >= 0.3 is 5.97 Å². The van der Waals surface area contributed by atoms with Crippen molar-refractivity contribution in [2.45, 2.75) is 59.1 Å². The second kappa shape index (κ2) is 5.17. The summed E-state index contributed by atoms with van der Waals surface area (Å²) in [7, 11) is 0. The molecule has 0 bridgehead atoms. The van der Waals surface area contributed by atoms with Crippen molar-refractivity contribution in [1.82, 2.24) is 4.90 Å². The number of ether oxygens (including phenoxy) is 1. The van der Waals surface area contributed by atoms with Crippen LogP contribution in [0.25, 0.3) is 0 Å². The van der Waals surface area contributed by atoms with E-state index >= 15 is 0 Å². The van der Waals surface area contributed by atoms with E-state index < -0.39 is 0 Å². The molecule has 0 radical (unpaired) electrons. The Labute approximate surface area is 99.1 Å². The van der Waals surface area contributed by atoms with Gasteiger partial charge in [-0.05, 0) is 46.6 Å². The largest absolute Gasteiger partial charge is 0.459 e. The van der Waals surface area contributed by atoms with E-state index in [4.69, 9.17) is 4.74 Å². The normalized spacial score (nSPS) is 24.4. The van der Waals surface area contributed by atoms with Crippen molar-refractivity contribution in [3.05, 3.63) is 0 Å². The average molecular weight is 227 g/mol. The molecular weight excluding hydrogens is 202 g/mol. The minimum absolute atomic E-state index is 0.0933. The summed E-state index contributed by atoms with van der Waals surface area (Å²) in [6, 6.07) is -0.101. The molecule has 0 aromatic rings. The summed E-state index contributed by atoms with van der Waals surface area (Å²) >= 11 is 0. The van der Waals surface area contributed by atoms with Crippen LogP contribution in [0.1, 0.15) is 47.5 Å². The molecule has 2 atom stereocenters. The smallest absolute Gasteiger partial charge is 0.323 e. The number of nitrogens with zero attached hydrogens (tertiary/aromatic N) is 1. The Morgan fingerprint density at radius 2 is 2.12 bits per heavy atom. The first-order valence-electron chi connectivity index (χ1n) is 6.30.